The zero-order valence-electron chi connectivity index (χ0n) is 24.4. The van der Waals surface area contributed by atoms with Crippen molar-refractivity contribution < 1.29 is 23.6 Å². The Hall–Kier alpha value is -3.21. The molecule has 3 atom stereocenters. The fourth-order valence-corrected chi connectivity index (χ4v) is 5.95. The van der Waals surface area contributed by atoms with E-state index in [0.717, 1.165) is 17.5 Å². The Bertz CT molecular complexity index is 1370. The molecule has 43 heavy (non-hydrogen) atoms. The Balaban J connectivity index is 1.46. The van der Waals surface area contributed by atoms with Crippen LogP contribution in [0.2, 0.25) is 10.0 Å². The summed E-state index contributed by atoms with van der Waals surface area (Å²) in [5.74, 6) is -1.58. The quantitative estimate of drug-likeness (QED) is 0.339. The van der Waals surface area contributed by atoms with E-state index >= 15 is 0 Å². The third kappa shape index (κ3) is 7.85. The molecule has 0 aliphatic carbocycles. The number of anilines is 1. The van der Waals surface area contributed by atoms with Crippen molar-refractivity contribution in [3.8, 4) is 0 Å². The van der Waals surface area contributed by atoms with Crippen molar-refractivity contribution in [1.82, 2.24) is 15.1 Å². The van der Waals surface area contributed by atoms with E-state index in [4.69, 9.17) is 28.9 Å². The topological polar surface area (TPSA) is 125 Å². The molecule has 2 aliphatic rings. The van der Waals surface area contributed by atoms with Crippen LogP contribution in [0, 0.1) is 17.7 Å². The molecule has 232 valence electrons. The standard InChI is InChI=1S/C31H38Cl2FN5O4/c1-18(2)20-12-14-38(16-20)26(40)9-10-27(41)39-17-21-6-4-3-5-19(21)15-25(39)31(43)37-24(11-13-35)30(42)36-23-8-7-22(32)28(33)29(23)34/h3-8,18,20,24-25H,9-17,35H2,1-2H3,(H,36,42)(H,37,43)/t20?,24-,25-/m0/s1. The van der Waals surface area contributed by atoms with Gasteiger partial charge in [0.15, 0.2) is 5.82 Å². The summed E-state index contributed by atoms with van der Waals surface area (Å²) in [7, 11) is 0. The Labute approximate surface area is 261 Å². The predicted molar refractivity (Wildman–Crippen MR) is 164 cm³/mol. The van der Waals surface area contributed by atoms with Crippen molar-refractivity contribution in [3.63, 3.8) is 0 Å². The summed E-state index contributed by atoms with van der Waals surface area (Å²) in [6, 6.07) is 8.13. The third-order valence-electron chi connectivity index (χ3n) is 8.33. The number of amides is 4. The number of hydrogen-bond acceptors (Lipinski definition) is 5. The summed E-state index contributed by atoms with van der Waals surface area (Å²) >= 11 is 11.7. The molecule has 1 saturated heterocycles. The van der Waals surface area contributed by atoms with Gasteiger partial charge in [-0.15, -0.1) is 0 Å². The number of nitrogens with two attached hydrogens (primary N) is 1. The molecular weight excluding hydrogens is 596 g/mol. The Kier molecular flexibility index (Phi) is 11.0. The number of hydrogen-bond donors (Lipinski definition) is 3. The summed E-state index contributed by atoms with van der Waals surface area (Å²) < 4.78 is 14.6. The van der Waals surface area contributed by atoms with Crippen molar-refractivity contribution in [2.24, 2.45) is 17.6 Å². The van der Waals surface area contributed by atoms with Gasteiger partial charge in [-0.05, 0) is 54.5 Å². The van der Waals surface area contributed by atoms with Crippen LogP contribution in [-0.2, 0) is 32.1 Å². The molecule has 1 fully saturated rings. The van der Waals surface area contributed by atoms with Gasteiger partial charge in [-0.1, -0.05) is 61.3 Å². The van der Waals surface area contributed by atoms with Crippen LogP contribution in [0.4, 0.5) is 10.1 Å². The molecule has 4 amide bonds. The third-order valence-corrected chi connectivity index (χ3v) is 9.11. The molecule has 12 heteroatoms. The molecule has 0 bridgehead atoms. The normalized spacial score (nSPS) is 18.8. The van der Waals surface area contributed by atoms with Gasteiger partial charge >= 0.3 is 0 Å². The van der Waals surface area contributed by atoms with Crippen molar-refractivity contribution in [3.05, 3.63) is 63.4 Å². The van der Waals surface area contributed by atoms with Gasteiger partial charge in [0.25, 0.3) is 0 Å². The fourth-order valence-electron chi connectivity index (χ4n) is 5.64. The number of carbonyl (C=O) groups excluding carboxylic acids is 4. The average Bonchev–Trinajstić information content (AvgIpc) is 3.50. The second kappa shape index (κ2) is 14.5. The van der Waals surface area contributed by atoms with E-state index in [2.05, 4.69) is 24.5 Å². The largest absolute Gasteiger partial charge is 0.342 e. The van der Waals surface area contributed by atoms with Crippen molar-refractivity contribution in [2.75, 3.05) is 25.0 Å². The van der Waals surface area contributed by atoms with Crippen LogP contribution < -0.4 is 16.4 Å². The van der Waals surface area contributed by atoms with Crippen molar-refractivity contribution in [1.29, 1.82) is 0 Å². The van der Waals surface area contributed by atoms with Gasteiger partial charge in [-0.2, -0.15) is 0 Å². The fraction of sp³-hybridized carbons (Fsp3) is 0.484. The molecular formula is C31H38Cl2FN5O4. The summed E-state index contributed by atoms with van der Waals surface area (Å²) in [6.45, 7) is 5.94. The zero-order valence-corrected chi connectivity index (χ0v) is 25.9. The molecule has 2 aromatic carbocycles. The highest BCUT2D eigenvalue weighted by Crippen LogP contribution is 2.30. The highest BCUT2D eigenvalue weighted by molar-refractivity contribution is 6.42. The number of carbonyl (C=O) groups is 4. The van der Waals surface area contributed by atoms with E-state index < -0.39 is 29.7 Å². The zero-order chi connectivity index (χ0) is 31.3. The summed E-state index contributed by atoms with van der Waals surface area (Å²) in [4.78, 5) is 56.5. The number of nitrogens with one attached hydrogen (secondary N) is 2. The second-order valence-corrected chi connectivity index (χ2v) is 12.3. The van der Waals surface area contributed by atoms with Crippen LogP contribution in [-0.4, -0.2) is 65.1 Å². The molecule has 9 nitrogen and oxygen atoms in total. The average molecular weight is 635 g/mol. The summed E-state index contributed by atoms with van der Waals surface area (Å²) in [5.41, 5.74) is 7.36. The maximum absolute atomic E-state index is 14.6. The van der Waals surface area contributed by atoms with Gasteiger partial charge in [0.2, 0.25) is 23.6 Å². The predicted octanol–water partition coefficient (Wildman–Crippen LogP) is 4.14. The van der Waals surface area contributed by atoms with Crippen molar-refractivity contribution in [2.45, 2.75) is 64.6 Å². The smallest absolute Gasteiger partial charge is 0.247 e. The van der Waals surface area contributed by atoms with Gasteiger partial charge < -0.3 is 26.2 Å². The van der Waals surface area contributed by atoms with E-state index in [1.165, 1.54) is 17.0 Å². The number of halogens is 3. The van der Waals surface area contributed by atoms with Gasteiger partial charge in [0.05, 0.1) is 15.7 Å². The molecule has 0 spiro atoms. The Morgan fingerprint density at radius 3 is 2.42 bits per heavy atom. The molecule has 2 aliphatic heterocycles. The second-order valence-electron chi connectivity index (χ2n) is 11.5. The first-order valence-corrected chi connectivity index (χ1v) is 15.3. The molecule has 0 radical (unpaired) electrons. The molecule has 4 rings (SSSR count). The van der Waals surface area contributed by atoms with E-state index in [9.17, 15) is 23.6 Å². The molecule has 0 aromatic heterocycles. The molecule has 2 heterocycles. The van der Waals surface area contributed by atoms with E-state index in [0.29, 0.717) is 24.9 Å². The number of nitrogens with zero attached hydrogens (tertiary/aromatic N) is 2. The van der Waals surface area contributed by atoms with Crippen LogP contribution in [0.25, 0.3) is 0 Å². The van der Waals surface area contributed by atoms with Gasteiger partial charge in [0.1, 0.15) is 12.1 Å². The molecule has 2 aromatic rings. The van der Waals surface area contributed by atoms with E-state index in [-0.39, 0.29) is 66.3 Å². The Morgan fingerprint density at radius 2 is 1.74 bits per heavy atom. The highest BCUT2D eigenvalue weighted by Gasteiger charge is 2.37. The van der Waals surface area contributed by atoms with Crippen LogP contribution in [0.1, 0.15) is 50.7 Å². The first-order chi connectivity index (χ1) is 20.5. The first-order valence-electron chi connectivity index (χ1n) is 14.6. The lowest BCUT2D eigenvalue weighted by atomic mass is 9.92. The lowest BCUT2D eigenvalue weighted by Crippen LogP contribution is -2.56. The van der Waals surface area contributed by atoms with Crippen LogP contribution in [0.3, 0.4) is 0 Å². The van der Waals surface area contributed by atoms with Gasteiger partial charge in [0, 0.05) is 38.9 Å². The number of benzene rings is 2. The lowest BCUT2D eigenvalue weighted by molar-refractivity contribution is -0.144. The minimum Gasteiger partial charge on any atom is -0.342 e. The number of likely N-dealkylation sites (tertiary alicyclic amines) is 1. The summed E-state index contributed by atoms with van der Waals surface area (Å²) in [5, 5.41) is 4.81. The lowest BCUT2D eigenvalue weighted by Gasteiger charge is -2.37. The van der Waals surface area contributed by atoms with Crippen molar-refractivity contribution >= 4 is 52.5 Å². The van der Waals surface area contributed by atoms with Crippen LogP contribution in [0.5, 0.6) is 0 Å². The van der Waals surface area contributed by atoms with Crippen LogP contribution >= 0.6 is 23.2 Å². The Morgan fingerprint density at radius 1 is 1.05 bits per heavy atom. The first kappa shape index (κ1) is 32.7. The number of fused-ring (bicyclic) bond motifs is 1. The maximum Gasteiger partial charge on any atom is 0.247 e. The maximum atomic E-state index is 14.6. The molecule has 1 unspecified atom stereocenters. The molecule has 4 N–H and O–H groups in total. The monoisotopic (exact) mass is 633 g/mol. The van der Waals surface area contributed by atoms with Crippen LogP contribution in [0.15, 0.2) is 36.4 Å². The minimum atomic E-state index is -1.11. The number of rotatable bonds is 10. The highest BCUT2D eigenvalue weighted by atomic mass is 35.5. The SMILES string of the molecule is CC(C)C1CCN(C(=O)CCC(=O)N2Cc3ccccc3C[C@H]2C(=O)N[C@@H](CCN)C(=O)Nc2ccc(Cl)c(Cl)c2F)C1. The molecule has 0 saturated carbocycles. The van der Waals surface area contributed by atoms with E-state index in [1.54, 1.807) is 0 Å². The summed E-state index contributed by atoms with van der Waals surface area (Å²) in [6.07, 6.45) is 1.29. The van der Waals surface area contributed by atoms with E-state index in [1.807, 2.05) is 29.2 Å². The van der Waals surface area contributed by atoms with Gasteiger partial charge in [-0.3, -0.25) is 19.2 Å². The van der Waals surface area contributed by atoms with Gasteiger partial charge in [-0.25, -0.2) is 4.39 Å². The minimum absolute atomic E-state index is 0.00630.